The maximum Gasteiger partial charge on any atom is 0.270 e. The second-order valence-corrected chi connectivity index (χ2v) is 4.80. The first-order valence-corrected chi connectivity index (χ1v) is 6.13. The summed E-state index contributed by atoms with van der Waals surface area (Å²) in [7, 11) is 0. The third kappa shape index (κ3) is 4.27. The highest BCUT2D eigenvalue weighted by molar-refractivity contribution is 5.95. The number of nitrogens with zero attached hydrogens (tertiary/aromatic N) is 1. The lowest BCUT2D eigenvalue weighted by molar-refractivity contribution is -0.384. The third-order valence-corrected chi connectivity index (χ3v) is 2.62. The molecule has 0 aliphatic rings. The monoisotopic (exact) mass is 284 g/mol. The standard InChI is InChI=1S/C13H17FN2O4/c1-4-20-13(2,3)8-15-12(17)10-7-9(16(18)19)5-6-11(10)14/h5-7H,4,8H2,1-3H3,(H,15,17). The fourth-order valence-corrected chi connectivity index (χ4v) is 1.63. The molecule has 110 valence electrons. The number of rotatable bonds is 6. The van der Waals surface area contributed by atoms with E-state index in [2.05, 4.69) is 5.32 Å². The fraction of sp³-hybridized carbons (Fsp3) is 0.462. The Bertz CT molecular complexity index is 517. The minimum atomic E-state index is -0.803. The maximum absolute atomic E-state index is 13.5. The van der Waals surface area contributed by atoms with Gasteiger partial charge < -0.3 is 10.1 Å². The van der Waals surface area contributed by atoms with Crippen molar-refractivity contribution in [3.05, 3.63) is 39.7 Å². The van der Waals surface area contributed by atoms with Crippen LogP contribution in [0.3, 0.4) is 0 Å². The van der Waals surface area contributed by atoms with Gasteiger partial charge in [0.25, 0.3) is 11.6 Å². The number of halogens is 1. The van der Waals surface area contributed by atoms with E-state index in [1.54, 1.807) is 13.8 Å². The van der Waals surface area contributed by atoms with Gasteiger partial charge in [-0.1, -0.05) is 0 Å². The quantitative estimate of drug-likeness (QED) is 0.641. The van der Waals surface area contributed by atoms with Crippen LogP contribution >= 0.6 is 0 Å². The minimum absolute atomic E-state index is 0.168. The molecular weight excluding hydrogens is 267 g/mol. The number of carbonyl (C=O) groups is 1. The molecule has 0 heterocycles. The summed E-state index contributed by atoms with van der Waals surface area (Å²) >= 11 is 0. The summed E-state index contributed by atoms with van der Waals surface area (Å²) in [6, 6.07) is 2.83. The van der Waals surface area contributed by atoms with Crippen molar-refractivity contribution in [2.24, 2.45) is 0 Å². The van der Waals surface area contributed by atoms with Gasteiger partial charge in [-0.3, -0.25) is 14.9 Å². The van der Waals surface area contributed by atoms with Gasteiger partial charge in [0.15, 0.2) is 0 Å². The van der Waals surface area contributed by atoms with Gasteiger partial charge in [-0.2, -0.15) is 0 Å². The minimum Gasteiger partial charge on any atom is -0.374 e. The summed E-state index contributed by atoms with van der Waals surface area (Å²) in [5.41, 5.74) is -1.28. The van der Waals surface area contributed by atoms with Crippen molar-refractivity contribution < 1.29 is 18.8 Å². The molecule has 0 bridgehead atoms. The van der Waals surface area contributed by atoms with Crippen LogP contribution < -0.4 is 5.32 Å². The van der Waals surface area contributed by atoms with E-state index in [0.717, 1.165) is 18.2 Å². The van der Waals surface area contributed by atoms with E-state index >= 15 is 0 Å². The van der Waals surface area contributed by atoms with Gasteiger partial charge in [0.2, 0.25) is 0 Å². The lowest BCUT2D eigenvalue weighted by Crippen LogP contribution is -2.40. The topological polar surface area (TPSA) is 81.5 Å². The molecule has 0 aliphatic carbocycles. The third-order valence-electron chi connectivity index (χ3n) is 2.62. The molecule has 0 unspecified atom stereocenters. The van der Waals surface area contributed by atoms with Crippen molar-refractivity contribution in [2.45, 2.75) is 26.4 Å². The number of hydrogen-bond donors (Lipinski definition) is 1. The van der Waals surface area contributed by atoms with Crippen LogP contribution in [-0.4, -0.2) is 29.6 Å². The Morgan fingerprint density at radius 2 is 2.15 bits per heavy atom. The molecular formula is C13H17FN2O4. The Morgan fingerprint density at radius 1 is 1.50 bits per heavy atom. The van der Waals surface area contributed by atoms with Crippen molar-refractivity contribution in [1.29, 1.82) is 0 Å². The zero-order valence-corrected chi connectivity index (χ0v) is 11.6. The largest absolute Gasteiger partial charge is 0.374 e. The van der Waals surface area contributed by atoms with E-state index in [1.807, 2.05) is 6.92 Å². The van der Waals surface area contributed by atoms with E-state index in [9.17, 15) is 19.3 Å². The second kappa shape index (κ2) is 6.42. The van der Waals surface area contributed by atoms with Crippen LogP contribution in [0, 0.1) is 15.9 Å². The highest BCUT2D eigenvalue weighted by atomic mass is 19.1. The normalized spacial score (nSPS) is 11.2. The number of non-ortho nitro benzene ring substituents is 1. The molecule has 1 aromatic carbocycles. The smallest absolute Gasteiger partial charge is 0.270 e. The van der Waals surface area contributed by atoms with E-state index in [0.29, 0.717) is 6.61 Å². The molecule has 1 rings (SSSR count). The lowest BCUT2D eigenvalue weighted by atomic mass is 10.1. The number of hydrogen-bond acceptors (Lipinski definition) is 4. The number of amides is 1. The van der Waals surface area contributed by atoms with Crippen molar-refractivity contribution in [1.82, 2.24) is 5.32 Å². The van der Waals surface area contributed by atoms with E-state index in [1.165, 1.54) is 0 Å². The summed E-state index contributed by atoms with van der Waals surface area (Å²) in [5.74, 6) is -1.51. The molecule has 0 aliphatic heterocycles. The zero-order valence-electron chi connectivity index (χ0n) is 11.6. The van der Waals surface area contributed by atoms with Crippen LogP contribution in [0.15, 0.2) is 18.2 Å². The zero-order chi connectivity index (χ0) is 15.3. The molecule has 1 N–H and O–H groups in total. The molecule has 20 heavy (non-hydrogen) atoms. The molecule has 1 aromatic rings. The predicted octanol–water partition coefficient (Wildman–Crippen LogP) is 2.28. The summed E-state index contributed by atoms with van der Waals surface area (Å²) in [6.45, 7) is 6.03. The molecule has 0 radical (unpaired) electrons. The van der Waals surface area contributed by atoms with Crippen molar-refractivity contribution in [2.75, 3.05) is 13.2 Å². The van der Waals surface area contributed by atoms with Crippen LogP contribution in [0.25, 0.3) is 0 Å². The average molecular weight is 284 g/mol. The van der Waals surface area contributed by atoms with Gasteiger partial charge in [0.05, 0.1) is 16.1 Å². The number of benzene rings is 1. The Hall–Kier alpha value is -2.02. The van der Waals surface area contributed by atoms with Crippen molar-refractivity contribution in [3.63, 3.8) is 0 Å². The second-order valence-electron chi connectivity index (χ2n) is 4.80. The fourth-order valence-electron chi connectivity index (χ4n) is 1.63. The number of nitrogens with one attached hydrogen (secondary N) is 1. The molecule has 0 atom stereocenters. The summed E-state index contributed by atoms with van der Waals surface area (Å²) in [5, 5.41) is 13.1. The molecule has 0 aromatic heterocycles. The molecule has 1 amide bonds. The maximum atomic E-state index is 13.5. The van der Waals surface area contributed by atoms with Gasteiger partial charge in [-0.25, -0.2) is 4.39 Å². The lowest BCUT2D eigenvalue weighted by Gasteiger charge is -2.24. The molecule has 0 saturated heterocycles. The number of nitro groups is 1. The summed E-state index contributed by atoms with van der Waals surface area (Å²) < 4.78 is 18.9. The van der Waals surface area contributed by atoms with E-state index in [-0.39, 0.29) is 17.8 Å². The first kappa shape index (κ1) is 16.0. The van der Waals surface area contributed by atoms with Crippen LogP contribution in [0.2, 0.25) is 0 Å². The van der Waals surface area contributed by atoms with Crippen molar-refractivity contribution >= 4 is 11.6 Å². The van der Waals surface area contributed by atoms with Gasteiger partial charge in [0.1, 0.15) is 5.82 Å². The number of nitro benzene ring substituents is 1. The SMILES string of the molecule is CCOC(C)(C)CNC(=O)c1cc([N+](=O)[O-])ccc1F. The molecule has 0 fully saturated rings. The van der Waals surface area contributed by atoms with Gasteiger partial charge in [-0.15, -0.1) is 0 Å². The molecule has 6 nitrogen and oxygen atoms in total. The van der Waals surface area contributed by atoms with E-state index in [4.69, 9.17) is 4.74 Å². The van der Waals surface area contributed by atoms with Gasteiger partial charge in [-0.05, 0) is 26.8 Å². The Kier molecular flexibility index (Phi) is 5.15. The molecule has 0 spiro atoms. The first-order chi connectivity index (χ1) is 9.26. The van der Waals surface area contributed by atoms with Crippen molar-refractivity contribution in [3.8, 4) is 0 Å². The van der Waals surface area contributed by atoms with Crippen LogP contribution in [-0.2, 0) is 4.74 Å². The Balaban J connectivity index is 2.82. The highest BCUT2D eigenvalue weighted by Gasteiger charge is 2.21. The highest BCUT2D eigenvalue weighted by Crippen LogP contribution is 2.17. The summed E-state index contributed by atoms with van der Waals surface area (Å²) in [6.07, 6.45) is 0. The summed E-state index contributed by atoms with van der Waals surface area (Å²) in [4.78, 5) is 21.8. The average Bonchev–Trinajstić information content (AvgIpc) is 2.36. The number of carbonyl (C=O) groups excluding carboxylic acids is 1. The predicted molar refractivity (Wildman–Crippen MR) is 71.1 cm³/mol. The molecule has 0 saturated carbocycles. The Morgan fingerprint density at radius 3 is 2.70 bits per heavy atom. The van der Waals surface area contributed by atoms with Crippen LogP contribution in [0.4, 0.5) is 10.1 Å². The van der Waals surface area contributed by atoms with E-state index < -0.39 is 22.2 Å². The van der Waals surface area contributed by atoms with Crippen LogP contribution in [0.1, 0.15) is 31.1 Å². The first-order valence-electron chi connectivity index (χ1n) is 6.13. The molecule has 7 heteroatoms. The Labute approximate surface area is 116 Å². The van der Waals surface area contributed by atoms with Crippen LogP contribution in [0.5, 0.6) is 0 Å². The number of ether oxygens (including phenoxy) is 1. The van der Waals surface area contributed by atoms with Gasteiger partial charge in [0, 0.05) is 25.3 Å². The van der Waals surface area contributed by atoms with Gasteiger partial charge >= 0.3 is 0 Å².